The summed E-state index contributed by atoms with van der Waals surface area (Å²) < 4.78 is 5.46. The molecule has 4 heterocycles. The van der Waals surface area contributed by atoms with E-state index >= 15 is 0 Å². The molecule has 2 aromatic heterocycles. The first-order valence-corrected chi connectivity index (χ1v) is 10.3. The van der Waals surface area contributed by atoms with E-state index in [0.29, 0.717) is 12.5 Å². The van der Waals surface area contributed by atoms with Crippen LogP contribution in [0.2, 0.25) is 0 Å². The topological polar surface area (TPSA) is 80.4 Å². The Bertz CT molecular complexity index is 986. The smallest absolute Gasteiger partial charge is 0.157 e. The lowest BCUT2D eigenvalue weighted by Gasteiger charge is -2.29. The van der Waals surface area contributed by atoms with E-state index in [1.54, 1.807) is 12.4 Å². The number of hydrogen-bond acceptors (Lipinski definition) is 7. The monoisotopic (exact) mass is 390 g/mol. The van der Waals surface area contributed by atoms with Crippen LogP contribution in [-0.2, 0) is 4.74 Å². The van der Waals surface area contributed by atoms with Gasteiger partial charge in [0, 0.05) is 49.8 Å². The van der Waals surface area contributed by atoms with E-state index in [-0.39, 0.29) is 0 Å². The average molecular weight is 390 g/mol. The maximum Gasteiger partial charge on any atom is 0.157 e. The van der Waals surface area contributed by atoms with Crippen molar-refractivity contribution in [1.82, 2.24) is 15.0 Å². The third-order valence-corrected chi connectivity index (χ3v) is 5.90. The Morgan fingerprint density at radius 1 is 1.00 bits per heavy atom. The Kier molecular flexibility index (Phi) is 4.99. The van der Waals surface area contributed by atoms with Crippen molar-refractivity contribution in [2.45, 2.75) is 6.42 Å². The lowest BCUT2D eigenvalue weighted by Crippen LogP contribution is -2.36. The van der Waals surface area contributed by atoms with Gasteiger partial charge >= 0.3 is 0 Å². The van der Waals surface area contributed by atoms with Crippen molar-refractivity contribution in [3.8, 4) is 11.3 Å². The van der Waals surface area contributed by atoms with Gasteiger partial charge in [0.2, 0.25) is 0 Å². The number of aromatic nitrogens is 3. The van der Waals surface area contributed by atoms with Gasteiger partial charge in [-0.3, -0.25) is 4.98 Å². The average Bonchev–Trinajstić information content (AvgIpc) is 3.28. The summed E-state index contributed by atoms with van der Waals surface area (Å²) >= 11 is 0. The Morgan fingerprint density at radius 3 is 2.55 bits per heavy atom. The summed E-state index contributed by atoms with van der Waals surface area (Å²) in [7, 11) is 0. The maximum absolute atomic E-state index is 5.90. The van der Waals surface area contributed by atoms with E-state index < -0.39 is 0 Å². The quantitative estimate of drug-likeness (QED) is 0.732. The van der Waals surface area contributed by atoms with Gasteiger partial charge in [0.15, 0.2) is 5.82 Å². The van der Waals surface area contributed by atoms with E-state index in [1.807, 2.05) is 6.07 Å². The Morgan fingerprint density at radius 2 is 1.79 bits per heavy atom. The van der Waals surface area contributed by atoms with Gasteiger partial charge in [-0.25, -0.2) is 9.97 Å². The molecule has 2 aliphatic heterocycles. The molecule has 2 aliphatic rings. The van der Waals surface area contributed by atoms with Crippen molar-refractivity contribution in [2.75, 3.05) is 55.7 Å². The maximum atomic E-state index is 5.90. The first-order chi connectivity index (χ1) is 14.3. The van der Waals surface area contributed by atoms with Gasteiger partial charge in [-0.2, -0.15) is 0 Å². The molecule has 0 spiro atoms. The summed E-state index contributed by atoms with van der Waals surface area (Å²) in [6.07, 6.45) is 4.57. The number of nitrogens with two attached hydrogens (primary N) is 1. The summed E-state index contributed by atoms with van der Waals surface area (Å²) in [4.78, 5) is 18.8. The number of nitrogens with zero attached hydrogens (tertiary/aromatic N) is 5. The summed E-state index contributed by atoms with van der Waals surface area (Å²) in [6.45, 7) is 6.04. The normalized spacial score (nSPS) is 19.8. The second-order valence-electron chi connectivity index (χ2n) is 7.74. The highest BCUT2D eigenvalue weighted by Gasteiger charge is 2.25. The predicted molar refractivity (Wildman–Crippen MR) is 115 cm³/mol. The van der Waals surface area contributed by atoms with Gasteiger partial charge in [-0.1, -0.05) is 12.1 Å². The molecule has 0 radical (unpaired) electrons. The van der Waals surface area contributed by atoms with Gasteiger partial charge in [0.25, 0.3) is 0 Å². The third kappa shape index (κ3) is 3.63. The third-order valence-electron chi connectivity index (χ3n) is 5.90. The van der Waals surface area contributed by atoms with Crippen molar-refractivity contribution in [3.63, 3.8) is 0 Å². The van der Waals surface area contributed by atoms with Crippen molar-refractivity contribution in [3.05, 3.63) is 42.7 Å². The number of hydrogen-bond donors (Lipinski definition) is 1. The SMILES string of the molecule is NC[C@H]1CCN(c2nc(-c3ccc(N4CCOCC4)cc3)cc3nccnc23)C1. The fourth-order valence-electron chi connectivity index (χ4n) is 4.21. The number of fused-ring (bicyclic) bond motifs is 1. The lowest BCUT2D eigenvalue weighted by atomic mass is 10.1. The molecule has 2 fully saturated rings. The fraction of sp³-hybridized carbons (Fsp3) is 0.409. The predicted octanol–water partition coefficient (Wildman–Crippen LogP) is 2.31. The van der Waals surface area contributed by atoms with Crippen molar-refractivity contribution in [1.29, 1.82) is 0 Å². The van der Waals surface area contributed by atoms with Crippen LogP contribution in [0.25, 0.3) is 22.3 Å². The summed E-state index contributed by atoms with van der Waals surface area (Å²) in [6, 6.07) is 10.7. The van der Waals surface area contributed by atoms with E-state index in [9.17, 15) is 0 Å². The Hall–Kier alpha value is -2.77. The minimum absolute atomic E-state index is 0.514. The molecule has 0 aliphatic carbocycles. The molecule has 2 N–H and O–H groups in total. The molecule has 0 amide bonds. The number of morpholine rings is 1. The van der Waals surface area contributed by atoms with E-state index in [1.165, 1.54) is 5.69 Å². The molecule has 5 rings (SSSR count). The van der Waals surface area contributed by atoms with Crippen molar-refractivity contribution >= 4 is 22.5 Å². The molecule has 3 aromatic rings. The molecule has 7 nitrogen and oxygen atoms in total. The van der Waals surface area contributed by atoms with Crippen LogP contribution >= 0.6 is 0 Å². The molecule has 0 saturated carbocycles. The number of benzene rings is 1. The summed E-state index contributed by atoms with van der Waals surface area (Å²) in [5.41, 5.74) is 10.9. The number of ether oxygens (including phenoxy) is 1. The Balaban J connectivity index is 1.50. The van der Waals surface area contributed by atoms with Crippen LogP contribution in [0.15, 0.2) is 42.7 Å². The molecular weight excluding hydrogens is 364 g/mol. The van der Waals surface area contributed by atoms with Gasteiger partial charge in [0.05, 0.1) is 24.4 Å². The van der Waals surface area contributed by atoms with Crippen molar-refractivity contribution < 1.29 is 4.74 Å². The molecule has 2 saturated heterocycles. The second-order valence-corrected chi connectivity index (χ2v) is 7.74. The van der Waals surface area contributed by atoms with Gasteiger partial charge in [-0.05, 0) is 37.1 Å². The lowest BCUT2D eigenvalue weighted by molar-refractivity contribution is 0.122. The first kappa shape index (κ1) is 18.3. The van der Waals surface area contributed by atoms with Gasteiger partial charge < -0.3 is 20.3 Å². The van der Waals surface area contributed by atoms with Crippen molar-refractivity contribution in [2.24, 2.45) is 11.7 Å². The van der Waals surface area contributed by atoms with E-state index in [0.717, 1.165) is 73.9 Å². The largest absolute Gasteiger partial charge is 0.378 e. The standard InChI is InChI=1S/C22H26N6O/c23-14-16-5-8-28(15-16)22-21-20(24-6-7-25-21)13-19(26-22)17-1-3-18(4-2-17)27-9-11-29-12-10-27/h1-4,6-7,13,16H,5,8-12,14-15,23H2/t16-/m1/s1. The first-order valence-electron chi connectivity index (χ1n) is 10.3. The van der Waals surface area contributed by atoms with Crippen LogP contribution in [-0.4, -0.2) is 60.9 Å². The number of pyridine rings is 1. The highest BCUT2D eigenvalue weighted by atomic mass is 16.5. The van der Waals surface area contributed by atoms with Crippen LogP contribution in [0, 0.1) is 5.92 Å². The van der Waals surface area contributed by atoms with E-state index in [2.05, 4.69) is 44.0 Å². The second kappa shape index (κ2) is 7.93. The zero-order valence-corrected chi connectivity index (χ0v) is 16.5. The summed E-state index contributed by atoms with van der Waals surface area (Å²) in [5.74, 6) is 1.43. The van der Waals surface area contributed by atoms with Crippen LogP contribution in [0.1, 0.15) is 6.42 Å². The van der Waals surface area contributed by atoms with Crippen LogP contribution in [0.4, 0.5) is 11.5 Å². The zero-order chi connectivity index (χ0) is 19.6. The molecule has 1 aromatic carbocycles. The van der Waals surface area contributed by atoms with Gasteiger partial charge in [0.1, 0.15) is 5.52 Å². The number of anilines is 2. The van der Waals surface area contributed by atoms with E-state index in [4.69, 9.17) is 15.5 Å². The molecule has 1 atom stereocenters. The zero-order valence-electron chi connectivity index (χ0n) is 16.5. The van der Waals surface area contributed by atoms with Crippen LogP contribution in [0.5, 0.6) is 0 Å². The fourth-order valence-corrected chi connectivity index (χ4v) is 4.21. The molecule has 0 unspecified atom stereocenters. The number of rotatable bonds is 4. The van der Waals surface area contributed by atoms with Gasteiger partial charge in [-0.15, -0.1) is 0 Å². The van der Waals surface area contributed by atoms with Crippen LogP contribution < -0.4 is 15.5 Å². The van der Waals surface area contributed by atoms with Crippen LogP contribution in [0.3, 0.4) is 0 Å². The highest BCUT2D eigenvalue weighted by Crippen LogP contribution is 2.31. The minimum Gasteiger partial charge on any atom is -0.378 e. The Labute approximate surface area is 170 Å². The molecule has 29 heavy (non-hydrogen) atoms. The molecule has 7 heteroatoms. The highest BCUT2D eigenvalue weighted by molar-refractivity contribution is 5.89. The molecular formula is C22H26N6O. The molecule has 0 bridgehead atoms. The minimum atomic E-state index is 0.514. The molecule has 150 valence electrons. The summed E-state index contributed by atoms with van der Waals surface area (Å²) in [5, 5.41) is 0.